The molecule has 1 amide bonds. The number of methoxy groups -OCH3 is 1. The SMILES string of the molecule is COc1cc(Br)ccc1C(=O)NCC(C)CN1CCCC1. The highest BCUT2D eigenvalue weighted by atomic mass is 79.9. The fourth-order valence-corrected chi connectivity index (χ4v) is 3.03. The van der Waals surface area contributed by atoms with Gasteiger partial charge in [0.25, 0.3) is 5.91 Å². The zero-order chi connectivity index (χ0) is 15.2. The summed E-state index contributed by atoms with van der Waals surface area (Å²) in [7, 11) is 1.58. The van der Waals surface area contributed by atoms with Gasteiger partial charge >= 0.3 is 0 Å². The van der Waals surface area contributed by atoms with E-state index in [-0.39, 0.29) is 5.91 Å². The van der Waals surface area contributed by atoms with Gasteiger partial charge < -0.3 is 15.0 Å². The van der Waals surface area contributed by atoms with Crippen molar-refractivity contribution in [3.63, 3.8) is 0 Å². The highest BCUT2D eigenvalue weighted by molar-refractivity contribution is 9.10. The van der Waals surface area contributed by atoms with Crippen molar-refractivity contribution in [1.29, 1.82) is 0 Å². The summed E-state index contributed by atoms with van der Waals surface area (Å²) in [5.41, 5.74) is 0.578. The van der Waals surface area contributed by atoms with Gasteiger partial charge in [-0.15, -0.1) is 0 Å². The van der Waals surface area contributed by atoms with Crippen LogP contribution < -0.4 is 10.1 Å². The van der Waals surface area contributed by atoms with Gasteiger partial charge in [0.2, 0.25) is 0 Å². The van der Waals surface area contributed by atoms with Crippen LogP contribution in [-0.4, -0.2) is 44.1 Å². The lowest BCUT2D eigenvalue weighted by Gasteiger charge is -2.20. The van der Waals surface area contributed by atoms with Crippen molar-refractivity contribution < 1.29 is 9.53 Å². The first kappa shape index (κ1) is 16.3. The lowest BCUT2D eigenvalue weighted by atomic mass is 10.1. The second-order valence-electron chi connectivity index (χ2n) is 5.67. The van der Waals surface area contributed by atoms with Crippen LogP contribution in [0.15, 0.2) is 22.7 Å². The Hall–Kier alpha value is -1.07. The molecule has 4 nitrogen and oxygen atoms in total. The van der Waals surface area contributed by atoms with E-state index in [1.807, 2.05) is 12.1 Å². The standard InChI is InChI=1S/C16H23BrN2O2/c1-12(11-19-7-3-4-8-19)10-18-16(20)14-6-5-13(17)9-15(14)21-2/h5-6,9,12H,3-4,7-8,10-11H2,1-2H3,(H,18,20). The molecule has 5 heteroatoms. The van der Waals surface area contributed by atoms with Crippen molar-refractivity contribution in [2.75, 3.05) is 33.3 Å². The largest absolute Gasteiger partial charge is 0.496 e. The monoisotopic (exact) mass is 354 g/mol. The van der Waals surface area contributed by atoms with E-state index in [1.54, 1.807) is 13.2 Å². The molecule has 2 rings (SSSR count). The molecule has 1 N–H and O–H groups in total. The molecule has 116 valence electrons. The summed E-state index contributed by atoms with van der Waals surface area (Å²) in [4.78, 5) is 14.7. The average Bonchev–Trinajstić information content (AvgIpc) is 2.97. The molecular weight excluding hydrogens is 332 g/mol. The summed E-state index contributed by atoms with van der Waals surface area (Å²) in [5.74, 6) is 0.968. The van der Waals surface area contributed by atoms with Gasteiger partial charge in [0.1, 0.15) is 5.75 Å². The molecule has 0 bridgehead atoms. The number of likely N-dealkylation sites (tertiary alicyclic amines) is 1. The number of nitrogens with one attached hydrogen (secondary N) is 1. The molecule has 1 fully saturated rings. The highest BCUT2D eigenvalue weighted by Gasteiger charge is 2.17. The van der Waals surface area contributed by atoms with E-state index in [0.29, 0.717) is 23.8 Å². The number of ether oxygens (including phenoxy) is 1. The molecule has 1 aromatic carbocycles. The lowest BCUT2D eigenvalue weighted by Crippen LogP contribution is -2.34. The number of hydrogen-bond donors (Lipinski definition) is 1. The van der Waals surface area contributed by atoms with E-state index in [0.717, 1.165) is 11.0 Å². The molecule has 1 saturated heterocycles. The van der Waals surface area contributed by atoms with Gasteiger partial charge in [-0.25, -0.2) is 0 Å². The molecule has 1 aliphatic rings. The average molecular weight is 355 g/mol. The third kappa shape index (κ3) is 4.71. The number of carbonyl (C=O) groups excluding carboxylic acids is 1. The van der Waals surface area contributed by atoms with Gasteiger partial charge in [0.05, 0.1) is 12.7 Å². The van der Waals surface area contributed by atoms with E-state index < -0.39 is 0 Å². The van der Waals surface area contributed by atoms with Gasteiger partial charge in [-0.05, 0) is 50.0 Å². The fraction of sp³-hybridized carbons (Fsp3) is 0.562. The zero-order valence-corrected chi connectivity index (χ0v) is 14.3. The Bertz CT molecular complexity index is 487. The molecule has 0 radical (unpaired) electrons. The van der Waals surface area contributed by atoms with Gasteiger partial charge in [0, 0.05) is 17.6 Å². The minimum atomic E-state index is -0.0763. The number of amides is 1. The molecule has 1 aromatic rings. The lowest BCUT2D eigenvalue weighted by molar-refractivity contribution is 0.0942. The van der Waals surface area contributed by atoms with E-state index >= 15 is 0 Å². The molecule has 1 unspecified atom stereocenters. The van der Waals surface area contributed by atoms with E-state index in [2.05, 4.69) is 33.1 Å². The Labute approximate surface area is 135 Å². The molecular formula is C16H23BrN2O2. The number of benzene rings is 1. The fourth-order valence-electron chi connectivity index (χ4n) is 2.69. The predicted octanol–water partition coefficient (Wildman–Crippen LogP) is 2.92. The predicted molar refractivity (Wildman–Crippen MR) is 87.9 cm³/mol. The number of hydrogen-bond acceptors (Lipinski definition) is 3. The van der Waals surface area contributed by atoms with Crippen LogP contribution in [0.25, 0.3) is 0 Å². The molecule has 21 heavy (non-hydrogen) atoms. The van der Waals surface area contributed by atoms with Crippen molar-refractivity contribution in [2.24, 2.45) is 5.92 Å². The zero-order valence-electron chi connectivity index (χ0n) is 12.7. The van der Waals surface area contributed by atoms with Gasteiger partial charge in [-0.2, -0.15) is 0 Å². The van der Waals surface area contributed by atoms with Crippen molar-refractivity contribution >= 4 is 21.8 Å². The van der Waals surface area contributed by atoms with Crippen molar-refractivity contribution in [3.8, 4) is 5.75 Å². The second-order valence-corrected chi connectivity index (χ2v) is 6.58. The number of halogens is 1. The summed E-state index contributed by atoms with van der Waals surface area (Å²) < 4.78 is 6.16. The van der Waals surface area contributed by atoms with Crippen LogP contribution in [0.4, 0.5) is 0 Å². The minimum Gasteiger partial charge on any atom is -0.496 e. The first-order chi connectivity index (χ1) is 10.1. The molecule has 1 atom stereocenters. The Morgan fingerprint density at radius 2 is 2.14 bits per heavy atom. The Morgan fingerprint density at radius 3 is 2.81 bits per heavy atom. The molecule has 0 saturated carbocycles. The summed E-state index contributed by atoms with van der Waals surface area (Å²) in [6.07, 6.45) is 2.60. The maximum atomic E-state index is 12.3. The Balaban J connectivity index is 1.86. The first-order valence-corrected chi connectivity index (χ1v) is 8.23. The summed E-state index contributed by atoms with van der Waals surface area (Å²) in [6.45, 7) is 6.31. The van der Waals surface area contributed by atoms with Gasteiger partial charge in [-0.3, -0.25) is 4.79 Å². The van der Waals surface area contributed by atoms with Crippen molar-refractivity contribution in [1.82, 2.24) is 10.2 Å². The topological polar surface area (TPSA) is 41.6 Å². The quantitative estimate of drug-likeness (QED) is 0.853. The van der Waals surface area contributed by atoms with Gasteiger partial charge in [0.15, 0.2) is 0 Å². The molecule has 1 aliphatic heterocycles. The third-order valence-electron chi connectivity index (χ3n) is 3.79. The first-order valence-electron chi connectivity index (χ1n) is 7.44. The minimum absolute atomic E-state index is 0.0763. The van der Waals surface area contributed by atoms with Crippen LogP contribution in [-0.2, 0) is 0 Å². The second kappa shape index (κ2) is 7.80. The van der Waals surface area contributed by atoms with Crippen LogP contribution in [0.5, 0.6) is 5.75 Å². The molecule has 0 aliphatic carbocycles. The third-order valence-corrected chi connectivity index (χ3v) is 4.28. The normalized spacial score (nSPS) is 16.7. The molecule has 0 spiro atoms. The van der Waals surface area contributed by atoms with Gasteiger partial charge in [-0.1, -0.05) is 22.9 Å². The Morgan fingerprint density at radius 1 is 1.43 bits per heavy atom. The Kier molecular flexibility index (Phi) is 6.06. The highest BCUT2D eigenvalue weighted by Crippen LogP contribution is 2.23. The van der Waals surface area contributed by atoms with Crippen molar-refractivity contribution in [3.05, 3.63) is 28.2 Å². The molecule has 1 heterocycles. The van der Waals surface area contributed by atoms with E-state index in [9.17, 15) is 4.79 Å². The number of nitrogens with zero attached hydrogens (tertiary/aromatic N) is 1. The van der Waals surface area contributed by atoms with Crippen LogP contribution in [0.2, 0.25) is 0 Å². The van der Waals surface area contributed by atoms with Crippen molar-refractivity contribution in [2.45, 2.75) is 19.8 Å². The maximum Gasteiger partial charge on any atom is 0.255 e. The van der Waals surface area contributed by atoms with E-state index in [4.69, 9.17) is 4.74 Å². The summed E-state index contributed by atoms with van der Waals surface area (Å²) in [5, 5.41) is 3.01. The summed E-state index contributed by atoms with van der Waals surface area (Å²) in [6, 6.07) is 5.44. The van der Waals surface area contributed by atoms with Crippen LogP contribution in [0, 0.1) is 5.92 Å². The van der Waals surface area contributed by atoms with Crippen LogP contribution >= 0.6 is 15.9 Å². The van der Waals surface area contributed by atoms with Crippen LogP contribution in [0.1, 0.15) is 30.1 Å². The van der Waals surface area contributed by atoms with Crippen LogP contribution in [0.3, 0.4) is 0 Å². The summed E-state index contributed by atoms with van der Waals surface area (Å²) >= 11 is 3.38. The molecule has 0 aromatic heterocycles. The maximum absolute atomic E-state index is 12.3. The number of rotatable bonds is 6. The number of carbonyl (C=O) groups is 1. The van der Waals surface area contributed by atoms with E-state index in [1.165, 1.54) is 25.9 Å². The smallest absolute Gasteiger partial charge is 0.255 e.